The number of halogens is 3. The third-order valence-electron chi connectivity index (χ3n) is 6.88. The van der Waals surface area contributed by atoms with Crippen LogP contribution in [0.15, 0.2) is 29.4 Å². The molecule has 2 aliphatic carbocycles. The highest BCUT2D eigenvalue weighted by Gasteiger charge is 2.42. The number of benzene rings is 1. The van der Waals surface area contributed by atoms with Crippen molar-refractivity contribution in [3.63, 3.8) is 0 Å². The van der Waals surface area contributed by atoms with Gasteiger partial charge < -0.3 is 5.32 Å². The van der Waals surface area contributed by atoms with E-state index in [0.717, 1.165) is 69.4 Å². The van der Waals surface area contributed by atoms with Crippen molar-refractivity contribution in [1.82, 2.24) is 25.0 Å². The summed E-state index contributed by atoms with van der Waals surface area (Å²) in [4.78, 5) is 14.9. The van der Waals surface area contributed by atoms with E-state index in [4.69, 9.17) is 0 Å². The monoisotopic (exact) mass is 493 g/mol. The van der Waals surface area contributed by atoms with E-state index in [1.165, 1.54) is 23.1 Å². The molecular weight excluding hydrogens is 463 g/mol. The quantitative estimate of drug-likeness (QED) is 0.515. The van der Waals surface area contributed by atoms with Gasteiger partial charge in [-0.25, -0.2) is 0 Å². The molecule has 0 unspecified atom stereocenters. The molecular formula is C24H30F3N5OS. The Bertz CT molecular complexity index is 1000. The van der Waals surface area contributed by atoms with Crippen LogP contribution in [-0.2, 0) is 17.5 Å². The van der Waals surface area contributed by atoms with E-state index in [9.17, 15) is 18.0 Å². The smallest absolute Gasteiger partial charge is 0.352 e. The lowest BCUT2D eigenvalue weighted by molar-refractivity contribution is -0.137. The number of alkyl halides is 3. The molecule has 0 atom stereocenters. The maximum atomic E-state index is 13.8. The Labute approximate surface area is 201 Å². The van der Waals surface area contributed by atoms with Gasteiger partial charge in [-0.1, -0.05) is 30.3 Å². The highest BCUT2D eigenvalue weighted by Crippen LogP contribution is 2.44. The third kappa shape index (κ3) is 5.59. The van der Waals surface area contributed by atoms with Gasteiger partial charge in [-0.3, -0.25) is 14.3 Å². The summed E-state index contributed by atoms with van der Waals surface area (Å²) in [6.07, 6.45) is 3.45. The Morgan fingerprint density at radius 1 is 1.06 bits per heavy atom. The number of aromatic nitrogens is 3. The molecule has 5 rings (SSSR count). The van der Waals surface area contributed by atoms with Crippen molar-refractivity contribution >= 4 is 17.7 Å². The maximum Gasteiger partial charge on any atom is 0.418 e. The molecule has 10 heteroatoms. The lowest BCUT2D eigenvalue weighted by Gasteiger charge is -2.26. The fourth-order valence-electron chi connectivity index (χ4n) is 4.85. The van der Waals surface area contributed by atoms with E-state index in [1.54, 1.807) is 6.07 Å². The minimum atomic E-state index is -4.51. The lowest BCUT2D eigenvalue weighted by atomic mass is 10.1. The highest BCUT2D eigenvalue weighted by atomic mass is 32.2. The Morgan fingerprint density at radius 3 is 2.38 bits per heavy atom. The van der Waals surface area contributed by atoms with E-state index < -0.39 is 11.7 Å². The second-order valence-corrected chi connectivity index (χ2v) is 10.6. The number of nitrogens with one attached hydrogen (secondary N) is 1. The number of hydrogen-bond acceptors (Lipinski definition) is 5. The number of rotatable bonds is 9. The molecule has 1 aromatic heterocycles. The second-order valence-electron chi connectivity index (χ2n) is 9.64. The molecule has 2 heterocycles. The summed E-state index contributed by atoms with van der Waals surface area (Å²) in [6, 6.07) is 5.75. The fraction of sp³-hybridized carbons (Fsp3) is 0.625. The van der Waals surface area contributed by atoms with Crippen LogP contribution < -0.4 is 5.32 Å². The van der Waals surface area contributed by atoms with E-state index in [2.05, 4.69) is 20.4 Å². The first-order valence-electron chi connectivity index (χ1n) is 12.2. The Morgan fingerprint density at radius 2 is 1.74 bits per heavy atom. The molecule has 0 spiro atoms. The molecule has 0 radical (unpaired) electrons. The summed E-state index contributed by atoms with van der Waals surface area (Å²) >= 11 is 1.15. The number of para-hydroxylation sites is 1. The Balaban J connectivity index is 1.38. The van der Waals surface area contributed by atoms with Gasteiger partial charge in [0.2, 0.25) is 5.91 Å². The number of amides is 1. The lowest BCUT2D eigenvalue weighted by Crippen LogP contribution is -2.39. The van der Waals surface area contributed by atoms with Crippen LogP contribution in [-0.4, -0.2) is 50.5 Å². The summed E-state index contributed by atoms with van der Waals surface area (Å²) in [6.45, 7) is 2.21. The van der Waals surface area contributed by atoms with Crippen LogP contribution in [0.3, 0.4) is 0 Å². The van der Waals surface area contributed by atoms with Crippen LogP contribution in [0.25, 0.3) is 5.69 Å². The normalized spacial score (nSPS) is 19.5. The van der Waals surface area contributed by atoms with Gasteiger partial charge >= 0.3 is 6.18 Å². The topological polar surface area (TPSA) is 63.1 Å². The molecule has 1 aliphatic heterocycles. The second kappa shape index (κ2) is 9.89. The minimum absolute atomic E-state index is 0.00348. The van der Waals surface area contributed by atoms with Crippen LogP contribution in [0.4, 0.5) is 13.2 Å². The van der Waals surface area contributed by atoms with Gasteiger partial charge in [0.25, 0.3) is 0 Å². The summed E-state index contributed by atoms with van der Waals surface area (Å²) in [5.41, 5.74) is -0.729. The molecule has 1 N–H and O–H groups in total. The zero-order valence-corrected chi connectivity index (χ0v) is 19.9. The minimum Gasteiger partial charge on any atom is -0.352 e. The van der Waals surface area contributed by atoms with Crippen molar-refractivity contribution in [3.05, 3.63) is 35.7 Å². The van der Waals surface area contributed by atoms with Gasteiger partial charge in [0.1, 0.15) is 0 Å². The van der Waals surface area contributed by atoms with Gasteiger partial charge in [0.05, 0.1) is 23.5 Å². The van der Waals surface area contributed by atoms with Crippen LogP contribution >= 0.6 is 11.8 Å². The molecule has 0 bridgehead atoms. The SMILES string of the molecule is O=C(CSc1nnc(CN2CCCCC2)n1-c1ccccc1C(F)(F)F)NC(C1CC1)C1CC1. The van der Waals surface area contributed by atoms with Crippen molar-refractivity contribution < 1.29 is 18.0 Å². The number of hydrogen-bond donors (Lipinski definition) is 1. The predicted molar refractivity (Wildman–Crippen MR) is 124 cm³/mol. The molecule has 184 valence electrons. The molecule has 2 aromatic rings. The zero-order chi connectivity index (χ0) is 23.7. The average Bonchev–Trinajstić information content (AvgIpc) is 3.75. The molecule has 1 amide bonds. The van der Waals surface area contributed by atoms with E-state index in [0.29, 0.717) is 29.4 Å². The number of likely N-dealkylation sites (tertiary alicyclic amines) is 1. The molecule has 34 heavy (non-hydrogen) atoms. The highest BCUT2D eigenvalue weighted by molar-refractivity contribution is 7.99. The molecule has 1 aromatic carbocycles. The zero-order valence-electron chi connectivity index (χ0n) is 19.1. The molecule has 1 saturated heterocycles. The first-order chi connectivity index (χ1) is 16.4. The van der Waals surface area contributed by atoms with Crippen LogP contribution in [0, 0.1) is 11.8 Å². The van der Waals surface area contributed by atoms with E-state index in [1.807, 2.05) is 0 Å². The largest absolute Gasteiger partial charge is 0.418 e. The number of carbonyl (C=O) groups is 1. The first kappa shape index (κ1) is 23.7. The Kier molecular flexibility index (Phi) is 6.88. The number of nitrogens with zero attached hydrogens (tertiary/aromatic N) is 4. The number of thioether (sulfide) groups is 1. The van der Waals surface area contributed by atoms with Gasteiger partial charge in [0.15, 0.2) is 11.0 Å². The van der Waals surface area contributed by atoms with Crippen molar-refractivity contribution in [2.75, 3.05) is 18.8 Å². The number of piperidine rings is 1. The van der Waals surface area contributed by atoms with Crippen LogP contribution in [0.5, 0.6) is 0 Å². The number of carbonyl (C=O) groups excluding carboxylic acids is 1. The molecule has 3 fully saturated rings. The summed E-state index contributed by atoms with van der Waals surface area (Å²) in [7, 11) is 0. The van der Waals surface area contributed by atoms with Crippen molar-refractivity contribution in [3.8, 4) is 5.69 Å². The van der Waals surface area contributed by atoms with Crippen molar-refractivity contribution in [1.29, 1.82) is 0 Å². The standard InChI is InChI=1S/C24H30F3N5OS/c25-24(26,27)18-6-2-3-7-19(18)32-20(14-31-12-4-1-5-13-31)29-30-23(32)34-15-21(33)28-22(16-8-9-16)17-10-11-17/h2-3,6-7,16-17,22H,1,4-5,8-15H2,(H,28,33). The van der Waals surface area contributed by atoms with E-state index in [-0.39, 0.29) is 23.4 Å². The molecule has 2 saturated carbocycles. The van der Waals surface area contributed by atoms with Gasteiger partial charge in [-0.05, 0) is 75.6 Å². The Hall–Kier alpha value is -2.07. The first-order valence-corrected chi connectivity index (χ1v) is 13.1. The van der Waals surface area contributed by atoms with E-state index >= 15 is 0 Å². The summed E-state index contributed by atoms with van der Waals surface area (Å²) in [5.74, 6) is 1.65. The average molecular weight is 494 g/mol. The third-order valence-corrected chi connectivity index (χ3v) is 7.81. The van der Waals surface area contributed by atoms with Crippen LogP contribution in [0.1, 0.15) is 56.3 Å². The molecule has 3 aliphatic rings. The summed E-state index contributed by atoms with van der Waals surface area (Å²) < 4.78 is 43.0. The van der Waals surface area contributed by atoms with Gasteiger partial charge in [-0.15, -0.1) is 10.2 Å². The fourth-order valence-corrected chi connectivity index (χ4v) is 5.63. The molecule has 6 nitrogen and oxygen atoms in total. The van der Waals surface area contributed by atoms with Gasteiger partial charge in [-0.2, -0.15) is 13.2 Å². The van der Waals surface area contributed by atoms with Crippen molar-refractivity contribution in [2.24, 2.45) is 11.8 Å². The van der Waals surface area contributed by atoms with Crippen molar-refractivity contribution in [2.45, 2.75) is 68.9 Å². The maximum absolute atomic E-state index is 13.8. The summed E-state index contributed by atoms with van der Waals surface area (Å²) in [5, 5.41) is 12.0. The predicted octanol–water partition coefficient (Wildman–Crippen LogP) is 4.67. The van der Waals surface area contributed by atoms with Gasteiger partial charge in [0, 0.05) is 6.04 Å². The van der Waals surface area contributed by atoms with Crippen LogP contribution in [0.2, 0.25) is 0 Å².